The van der Waals surface area contributed by atoms with Gasteiger partial charge in [0, 0.05) is 32.7 Å². The van der Waals surface area contributed by atoms with Crippen molar-refractivity contribution in [2.75, 3.05) is 32.9 Å². The lowest BCUT2D eigenvalue weighted by Gasteiger charge is -2.11. The molecule has 2 amide bonds. The number of ether oxygens (including phenoxy) is 2. The van der Waals surface area contributed by atoms with Gasteiger partial charge in [0.1, 0.15) is 0 Å². The number of hydrogen-bond donors (Lipinski definition) is 2. The maximum absolute atomic E-state index is 11.7. The molecule has 0 aromatic carbocycles. The first kappa shape index (κ1) is 14.3. The largest absolute Gasteiger partial charge is 0.379 e. The SMILES string of the molecule is O=C1CC(C(=O)NCCCOCC2CCCO2)CN1. The van der Waals surface area contributed by atoms with E-state index in [0.717, 1.165) is 25.9 Å². The van der Waals surface area contributed by atoms with Crippen LogP contribution in [0, 0.1) is 5.92 Å². The zero-order valence-corrected chi connectivity index (χ0v) is 11.2. The second-order valence-electron chi connectivity index (χ2n) is 5.06. The summed E-state index contributed by atoms with van der Waals surface area (Å²) in [6, 6.07) is 0. The highest BCUT2D eigenvalue weighted by molar-refractivity contribution is 5.89. The van der Waals surface area contributed by atoms with Crippen molar-refractivity contribution < 1.29 is 19.1 Å². The molecule has 2 aliphatic rings. The molecule has 2 aliphatic heterocycles. The Kier molecular flexibility index (Phi) is 5.60. The third-order valence-electron chi connectivity index (χ3n) is 3.44. The minimum Gasteiger partial charge on any atom is -0.379 e. The van der Waals surface area contributed by atoms with Crippen molar-refractivity contribution in [2.24, 2.45) is 5.92 Å². The van der Waals surface area contributed by atoms with Crippen LogP contribution in [0.15, 0.2) is 0 Å². The summed E-state index contributed by atoms with van der Waals surface area (Å²) in [5.41, 5.74) is 0. The van der Waals surface area contributed by atoms with Gasteiger partial charge >= 0.3 is 0 Å². The molecule has 108 valence electrons. The summed E-state index contributed by atoms with van der Waals surface area (Å²) in [6.07, 6.45) is 3.55. The molecule has 2 atom stereocenters. The molecule has 6 nitrogen and oxygen atoms in total. The second kappa shape index (κ2) is 7.45. The smallest absolute Gasteiger partial charge is 0.225 e. The number of carbonyl (C=O) groups is 2. The van der Waals surface area contributed by atoms with E-state index in [9.17, 15) is 9.59 Å². The van der Waals surface area contributed by atoms with Crippen LogP contribution < -0.4 is 10.6 Å². The third-order valence-corrected chi connectivity index (χ3v) is 3.44. The van der Waals surface area contributed by atoms with Gasteiger partial charge in [-0.1, -0.05) is 0 Å². The Labute approximate surface area is 113 Å². The van der Waals surface area contributed by atoms with Crippen molar-refractivity contribution in [2.45, 2.75) is 31.8 Å². The van der Waals surface area contributed by atoms with Crippen molar-refractivity contribution in [3.8, 4) is 0 Å². The molecule has 0 aromatic rings. The minimum absolute atomic E-state index is 0.0416. The van der Waals surface area contributed by atoms with Crippen LogP contribution in [0.3, 0.4) is 0 Å². The third kappa shape index (κ3) is 4.80. The normalized spacial score (nSPS) is 26.4. The lowest BCUT2D eigenvalue weighted by atomic mass is 10.1. The fourth-order valence-corrected chi connectivity index (χ4v) is 2.31. The van der Waals surface area contributed by atoms with Crippen LogP contribution in [0.2, 0.25) is 0 Å². The molecule has 0 radical (unpaired) electrons. The number of nitrogens with one attached hydrogen (secondary N) is 2. The number of amides is 2. The lowest BCUT2D eigenvalue weighted by Crippen LogP contribution is -2.33. The Morgan fingerprint density at radius 2 is 2.42 bits per heavy atom. The number of carbonyl (C=O) groups excluding carboxylic acids is 2. The topological polar surface area (TPSA) is 76.7 Å². The zero-order chi connectivity index (χ0) is 13.5. The molecule has 19 heavy (non-hydrogen) atoms. The molecule has 0 bridgehead atoms. The van der Waals surface area contributed by atoms with E-state index >= 15 is 0 Å². The molecule has 2 fully saturated rings. The molecule has 2 N–H and O–H groups in total. The molecule has 2 unspecified atom stereocenters. The van der Waals surface area contributed by atoms with Gasteiger partial charge in [-0.05, 0) is 19.3 Å². The maximum atomic E-state index is 11.7. The summed E-state index contributed by atoms with van der Waals surface area (Å²) in [7, 11) is 0. The number of rotatable bonds is 7. The van der Waals surface area contributed by atoms with Crippen LogP contribution in [0.5, 0.6) is 0 Å². The van der Waals surface area contributed by atoms with Crippen molar-refractivity contribution in [1.82, 2.24) is 10.6 Å². The Morgan fingerprint density at radius 3 is 3.11 bits per heavy atom. The van der Waals surface area contributed by atoms with E-state index in [4.69, 9.17) is 9.47 Å². The quantitative estimate of drug-likeness (QED) is 0.629. The van der Waals surface area contributed by atoms with E-state index in [2.05, 4.69) is 10.6 Å². The standard InChI is InChI=1S/C13H22N2O4/c16-12-7-10(8-15-12)13(17)14-4-2-5-18-9-11-3-1-6-19-11/h10-11H,1-9H2,(H,14,17)(H,15,16). The van der Waals surface area contributed by atoms with E-state index in [0.29, 0.717) is 32.7 Å². The summed E-state index contributed by atoms with van der Waals surface area (Å²) >= 11 is 0. The first-order valence-corrected chi connectivity index (χ1v) is 6.99. The lowest BCUT2D eigenvalue weighted by molar-refractivity contribution is -0.126. The Balaban J connectivity index is 1.45. The molecule has 0 spiro atoms. The van der Waals surface area contributed by atoms with Crippen molar-refractivity contribution in [1.29, 1.82) is 0 Å². The molecule has 2 heterocycles. The highest BCUT2D eigenvalue weighted by atomic mass is 16.5. The van der Waals surface area contributed by atoms with Gasteiger partial charge in [-0.2, -0.15) is 0 Å². The Morgan fingerprint density at radius 1 is 1.53 bits per heavy atom. The minimum atomic E-state index is -0.208. The Bertz CT molecular complexity index is 316. The van der Waals surface area contributed by atoms with Crippen LogP contribution in [-0.2, 0) is 19.1 Å². The van der Waals surface area contributed by atoms with Gasteiger partial charge in [0.05, 0.1) is 18.6 Å². The van der Waals surface area contributed by atoms with Crippen LogP contribution in [0.25, 0.3) is 0 Å². The van der Waals surface area contributed by atoms with Gasteiger partial charge in [-0.25, -0.2) is 0 Å². The monoisotopic (exact) mass is 270 g/mol. The fourth-order valence-electron chi connectivity index (χ4n) is 2.31. The predicted molar refractivity (Wildman–Crippen MR) is 68.5 cm³/mol. The summed E-state index contributed by atoms with van der Waals surface area (Å²) in [5.74, 6) is -0.294. The molecule has 2 saturated heterocycles. The zero-order valence-electron chi connectivity index (χ0n) is 11.2. The first-order valence-electron chi connectivity index (χ1n) is 6.99. The van der Waals surface area contributed by atoms with Gasteiger partial charge < -0.3 is 20.1 Å². The number of hydrogen-bond acceptors (Lipinski definition) is 4. The average Bonchev–Trinajstić information content (AvgIpc) is 3.04. The van der Waals surface area contributed by atoms with Crippen LogP contribution in [0.1, 0.15) is 25.7 Å². The van der Waals surface area contributed by atoms with E-state index in [1.807, 2.05) is 0 Å². The van der Waals surface area contributed by atoms with Gasteiger partial charge in [0.25, 0.3) is 0 Å². The molecule has 2 rings (SSSR count). The summed E-state index contributed by atoms with van der Waals surface area (Å²) in [5, 5.41) is 5.49. The van der Waals surface area contributed by atoms with Crippen LogP contribution in [0.4, 0.5) is 0 Å². The molecule has 0 saturated carbocycles. The van der Waals surface area contributed by atoms with Gasteiger partial charge in [0.2, 0.25) is 11.8 Å². The summed E-state index contributed by atoms with van der Waals surface area (Å²) in [6.45, 7) is 3.17. The van der Waals surface area contributed by atoms with Gasteiger partial charge in [-0.3, -0.25) is 9.59 Å². The molecule has 0 aromatic heterocycles. The Hall–Kier alpha value is -1.14. The molecule has 6 heteroatoms. The van der Waals surface area contributed by atoms with Crippen LogP contribution in [-0.4, -0.2) is 50.8 Å². The van der Waals surface area contributed by atoms with Gasteiger partial charge in [-0.15, -0.1) is 0 Å². The van der Waals surface area contributed by atoms with E-state index in [-0.39, 0.29) is 23.8 Å². The first-order chi connectivity index (χ1) is 9.25. The average molecular weight is 270 g/mol. The van der Waals surface area contributed by atoms with Crippen molar-refractivity contribution in [3.05, 3.63) is 0 Å². The van der Waals surface area contributed by atoms with Gasteiger partial charge in [0.15, 0.2) is 0 Å². The van der Waals surface area contributed by atoms with Crippen molar-refractivity contribution in [3.63, 3.8) is 0 Å². The molecular weight excluding hydrogens is 248 g/mol. The molecule has 0 aliphatic carbocycles. The second-order valence-corrected chi connectivity index (χ2v) is 5.06. The predicted octanol–water partition coefficient (Wildman–Crippen LogP) is -0.176. The highest BCUT2D eigenvalue weighted by Gasteiger charge is 2.27. The van der Waals surface area contributed by atoms with Crippen molar-refractivity contribution >= 4 is 11.8 Å². The summed E-state index contributed by atoms with van der Waals surface area (Å²) in [4.78, 5) is 22.6. The fraction of sp³-hybridized carbons (Fsp3) is 0.846. The van der Waals surface area contributed by atoms with Crippen LogP contribution >= 0.6 is 0 Å². The van der Waals surface area contributed by atoms with E-state index in [1.54, 1.807) is 0 Å². The van der Waals surface area contributed by atoms with E-state index in [1.165, 1.54) is 0 Å². The van der Waals surface area contributed by atoms with E-state index < -0.39 is 0 Å². The molecular formula is C13H22N2O4. The highest BCUT2D eigenvalue weighted by Crippen LogP contribution is 2.12. The maximum Gasteiger partial charge on any atom is 0.225 e. The summed E-state index contributed by atoms with van der Waals surface area (Å²) < 4.78 is 10.9.